The van der Waals surface area contributed by atoms with Crippen LogP contribution in [0.2, 0.25) is 0 Å². The van der Waals surface area contributed by atoms with Gasteiger partial charge in [-0.25, -0.2) is 0 Å². The zero-order valence-corrected chi connectivity index (χ0v) is 12.2. The number of rotatable bonds is 9. The second kappa shape index (κ2) is 7.34. The van der Waals surface area contributed by atoms with E-state index in [0.717, 1.165) is 25.6 Å². The van der Waals surface area contributed by atoms with Gasteiger partial charge in [-0.3, -0.25) is 4.90 Å². The van der Waals surface area contributed by atoms with Gasteiger partial charge in [0.2, 0.25) is 0 Å². The lowest BCUT2D eigenvalue weighted by Gasteiger charge is -2.38. The second-order valence-electron chi connectivity index (χ2n) is 5.58. The van der Waals surface area contributed by atoms with E-state index >= 15 is 0 Å². The third-order valence-corrected chi connectivity index (χ3v) is 4.25. The normalized spacial score (nSPS) is 21.5. The summed E-state index contributed by atoms with van der Waals surface area (Å²) in [6.07, 6.45) is 2.83. The van der Waals surface area contributed by atoms with Crippen molar-refractivity contribution in [3.63, 3.8) is 0 Å². The molecule has 17 heavy (non-hydrogen) atoms. The van der Waals surface area contributed by atoms with Gasteiger partial charge in [0, 0.05) is 25.7 Å². The minimum atomic E-state index is 0.619. The zero-order chi connectivity index (χ0) is 12.8. The highest BCUT2D eigenvalue weighted by atomic mass is 16.5. The fourth-order valence-corrected chi connectivity index (χ4v) is 2.64. The van der Waals surface area contributed by atoms with E-state index in [9.17, 15) is 0 Å². The largest absolute Gasteiger partial charge is 0.383 e. The zero-order valence-electron chi connectivity index (χ0n) is 12.2. The van der Waals surface area contributed by atoms with Crippen LogP contribution in [0.25, 0.3) is 0 Å². The molecule has 3 atom stereocenters. The molecule has 1 aliphatic rings. The van der Waals surface area contributed by atoms with Gasteiger partial charge in [-0.15, -0.1) is 0 Å². The van der Waals surface area contributed by atoms with E-state index in [4.69, 9.17) is 4.74 Å². The first-order valence-electron chi connectivity index (χ1n) is 7.01. The molecule has 1 saturated carbocycles. The summed E-state index contributed by atoms with van der Waals surface area (Å²) in [4.78, 5) is 2.64. The van der Waals surface area contributed by atoms with Crippen molar-refractivity contribution in [1.29, 1.82) is 0 Å². The smallest absolute Gasteiger partial charge is 0.0589 e. The molecule has 1 N–H and O–H groups in total. The Morgan fingerprint density at radius 1 is 1.29 bits per heavy atom. The Morgan fingerprint density at radius 2 is 1.94 bits per heavy atom. The van der Waals surface area contributed by atoms with Crippen molar-refractivity contribution in [1.82, 2.24) is 10.2 Å². The molecule has 0 aliphatic heterocycles. The highest BCUT2D eigenvalue weighted by Gasteiger charge is 2.34. The first-order valence-corrected chi connectivity index (χ1v) is 7.01. The Balaban J connectivity index is 2.53. The second-order valence-corrected chi connectivity index (χ2v) is 5.58. The van der Waals surface area contributed by atoms with Gasteiger partial charge >= 0.3 is 0 Å². The highest BCUT2D eigenvalue weighted by Crippen LogP contribution is 2.36. The van der Waals surface area contributed by atoms with Crippen LogP contribution in [0.1, 0.15) is 33.6 Å². The first-order chi connectivity index (χ1) is 8.11. The lowest BCUT2D eigenvalue weighted by atomic mass is 9.99. The molecule has 1 fully saturated rings. The first kappa shape index (κ1) is 14.9. The average molecular weight is 242 g/mol. The van der Waals surface area contributed by atoms with E-state index in [1.807, 2.05) is 7.05 Å². The van der Waals surface area contributed by atoms with Crippen LogP contribution < -0.4 is 5.32 Å². The molecule has 0 heterocycles. The Bertz CT molecular complexity index is 206. The van der Waals surface area contributed by atoms with Crippen molar-refractivity contribution in [3.8, 4) is 0 Å². The summed E-state index contributed by atoms with van der Waals surface area (Å²) in [5.41, 5.74) is 0. The summed E-state index contributed by atoms with van der Waals surface area (Å²) in [7, 11) is 3.83. The number of hydrogen-bond donors (Lipinski definition) is 1. The summed E-state index contributed by atoms with van der Waals surface area (Å²) >= 11 is 0. The molecule has 0 radical (unpaired) electrons. The quantitative estimate of drug-likeness (QED) is 0.669. The van der Waals surface area contributed by atoms with Crippen LogP contribution in [-0.4, -0.2) is 50.8 Å². The molecule has 3 unspecified atom stereocenters. The molecule has 0 aromatic rings. The van der Waals surface area contributed by atoms with Crippen LogP contribution in [0.4, 0.5) is 0 Å². The fraction of sp³-hybridized carbons (Fsp3) is 1.00. The predicted molar refractivity (Wildman–Crippen MR) is 73.3 cm³/mol. The maximum absolute atomic E-state index is 5.26. The third kappa shape index (κ3) is 4.57. The summed E-state index contributed by atoms with van der Waals surface area (Å²) in [6, 6.07) is 1.33. The summed E-state index contributed by atoms with van der Waals surface area (Å²) in [5, 5.41) is 3.29. The van der Waals surface area contributed by atoms with Crippen molar-refractivity contribution in [2.24, 2.45) is 11.8 Å². The standard InChI is InChI=1S/C14H30N2O/c1-11(10-15-4)12(2)16(8-9-17-5)13(3)14-6-7-14/h11-15H,6-10H2,1-5H3. The van der Waals surface area contributed by atoms with Gasteiger partial charge in [0.15, 0.2) is 0 Å². The van der Waals surface area contributed by atoms with Crippen molar-refractivity contribution in [3.05, 3.63) is 0 Å². The number of methoxy groups -OCH3 is 1. The van der Waals surface area contributed by atoms with Crippen LogP contribution in [-0.2, 0) is 4.74 Å². The van der Waals surface area contributed by atoms with E-state index in [-0.39, 0.29) is 0 Å². The summed E-state index contributed by atoms with van der Waals surface area (Å²) in [5.74, 6) is 1.61. The topological polar surface area (TPSA) is 24.5 Å². The average Bonchev–Trinajstić information content (AvgIpc) is 3.13. The molecular formula is C14H30N2O. The summed E-state index contributed by atoms with van der Waals surface area (Å²) in [6.45, 7) is 10.1. The van der Waals surface area contributed by atoms with Crippen molar-refractivity contribution >= 4 is 0 Å². The Kier molecular flexibility index (Phi) is 6.45. The Labute approximate surface area is 107 Å². The van der Waals surface area contributed by atoms with E-state index in [1.54, 1.807) is 7.11 Å². The lowest BCUT2D eigenvalue weighted by molar-refractivity contribution is 0.0664. The third-order valence-electron chi connectivity index (χ3n) is 4.25. The predicted octanol–water partition coefficient (Wildman–Crippen LogP) is 1.98. The van der Waals surface area contributed by atoms with Crippen LogP contribution in [0.15, 0.2) is 0 Å². The monoisotopic (exact) mass is 242 g/mol. The molecule has 0 bridgehead atoms. The minimum Gasteiger partial charge on any atom is -0.383 e. The number of hydrogen-bond acceptors (Lipinski definition) is 3. The molecular weight excluding hydrogens is 212 g/mol. The number of nitrogens with one attached hydrogen (secondary N) is 1. The molecule has 0 spiro atoms. The van der Waals surface area contributed by atoms with Crippen LogP contribution in [0, 0.1) is 11.8 Å². The van der Waals surface area contributed by atoms with Gasteiger partial charge in [0.25, 0.3) is 0 Å². The van der Waals surface area contributed by atoms with Crippen molar-refractivity contribution in [2.45, 2.75) is 45.7 Å². The van der Waals surface area contributed by atoms with Crippen LogP contribution >= 0.6 is 0 Å². The highest BCUT2D eigenvalue weighted by molar-refractivity contribution is 4.88. The molecule has 1 rings (SSSR count). The van der Waals surface area contributed by atoms with E-state index in [1.165, 1.54) is 12.8 Å². The molecule has 102 valence electrons. The fourth-order valence-electron chi connectivity index (χ4n) is 2.64. The maximum atomic E-state index is 5.26. The number of ether oxygens (including phenoxy) is 1. The Hall–Kier alpha value is -0.120. The van der Waals surface area contributed by atoms with E-state index in [2.05, 4.69) is 31.0 Å². The molecule has 0 amide bonds. The minimum absolute atomic E-state index is 0.619. The molecule has 0 aromatic carbocycles. The molecule has 0 saturated heterocycles. The SMILES string of the molecule is CNCC(C)C(C)N(CCOC)C(C)C1CC1. The van der Waals surface area contributed by atoms with Gasteiger partial charge in [0.1, 0.15) is 0 Å². The van der Waals surface area contributed by atoms with E-state index < -0.39 is 0 Å². The molecule has 0 aromatic heterocycles. The van der Waals surface area contributed by atoms with E-state index in [0.29, 0.717) is 18.0 Å². The van der Waals surface area contributed by atoms with Crippen molar-refractivity contribution < 1.29 is 4.74 Å². The van der Waals surface area contributed by atoms with Gasteiger partial charge in [0.05, 0.1) is 6.61 Å². The molecule has 1 aliphatic carbocycles. The maximum Gasteiger partial charge on any atom is 0.0589 e. The lowest BCUT2D eigenvalue weighted by Crippen LogP contribution is -2.47. The van der Waals surface area contributed by atoms with Crippen LogP contribution in [0.5, 0.6) is 0 Å². The number of nitrogens with zero attached hydrogens (tertiary/aromatic N) is 1. The van der Waals surface area contributed by atoms with Gasteiger partial charge in [-0.1, -0.05) is 6.92 Å². The summed E-state index contributed by atoms with van der Waals surface area (Å²) < 4.78 is 5.26. The van der Waals surface area contributed by atoms with Gasteiger partial charge < -0.3 is 10.1 Å². The van der Waals surface area contributed by atoms with Crippen LogP contribution in [0.3, 0.4) is 0 Å². The van der Waals surface area contributed by atoms with Gasteiger partial charge in [-0.2, -0.15) is 0 Å². The van der Waals surface area contributed by atoms with Crippen molar-refractivity contribution in [2.75, 3.05) is 33.9 Å². The van der Waals surface area contributed by atoms with Gasteiger partial charge in [-0.05, 0) is 52.1 Å². The Morgan fingerprint density at radius 3 is 2.41 bits per heavy atom. The molecule has 3 heteroatoms. The molecule has 3 nitrogen and oxygen atoms in total.